The molecule has 0 aliphatic carbocycles. The minimum absolute atomic E-state index is 0.178. The van der Waals surface area contributed by atoms with E-state index in [0.29, 0.717) is 6.67 Å². The van der Waals surface area contributed by atoms with Gasteiger partial charge in [0.15, 0.2) is 12.2 Å². The van der Waals surface area contributed by atoms with Gasteiger partial charge in [-0.2, -0.15) is 0 Å². The molecule has 0 saturated carbocycles. The predicted molar refractivity (Wildman–Crippen MR) is 112 cm³/mol. The molecule has 29 heavy (non-hydrogen) atoms. The average Bonchev–Trinajstić information content (AvgIpc) is 2.98. The summed E-state index contributed by atoms with van der Waals surface area (Å²) in [6, 6.07) is 15.3. The lowest BCUT2D eigenvalue weighted by Crippen LogP contribution is -3.14. The Hall–Kier alpha value is -2.66. The number of quaternary nitrogens is 1. The van der Waals surface area contributed by atoms with Gasteiger partial charge in [-0.25, -0.2) is 9.69 Å². The highest BCUT2D eigenvalue weighted by molar-refractivity contribution is 6.09. The van der Waals surface area contributed by atoms with Crippen molar-refractivity contribution < 1.29 is 14.5 Å². The first-order chi connectivity index (χ1) is 13.9. The van der Waals surface area contributed by atoms with Crippen LogP contribution in [0, 0.1) is 19.8 Å². The highest BCUT2D eigenvalue weighted by Crippen LogP contribution is 2.36. The molecule has 0 bridgehead atoms. The van der Waals surface area contributed by atoms with Crippen molar-refractivity contribution in [3.05, 3.63) is 70.8 Å². The number of likely N-dealkylation sites (tertiary alicyclic amines) is 1. The van der Waals surface area contributed by atoms with Crippen molar-refractivity contribution in [1.29, 1.82) is 0 Å². The largest absolute Gasteiger partial charge is 0.330 e. The molecule has 2 heterocycles. The van der Waals surface area contributed by atoms with E-state index in [1.165, 1.54) is 9.80 Å². The first kappa shape index (κ1) is 19.6. The zero-order chi connectivity index (χ0) is 20.6. The first-order valence-electron chi connectivity index (χ1n) is 10.5. The first-order valence-corrected chi connectivity index (χ1v) is 10.5. The van der Waals surface area contributed by atoms with Crippen LogP contribution < -0.4 is 10.2 Å². The van der Waals surface area contributed by atoms with Gasteiger partial charge in [0.1, 0.15) is 0 Å². The van der Waals surface area contributed by atoms with E-state index in [2.05, 4.69) is 19.2 Å². The van der Waals surface area contributed by atoms with Crippen LogP contribution in [-0.2, 0) is 10.3 Å². The number of hydrogen-bond donors (Lipinski definition) is 2. The maximum absolute atomic E-state index is 13.8. The second-order valence-electron chi connectivity index (χ2n) is 8.67. The number of nitrogens with one attached hydrogen (secondary N) is 2. The lowest BCUT2D eigenvalue weighted by molar-refractivity contribution is -0.913. The number of rotatable bonds is 4. The third kappa shape index (κ3) is 3.44. The Morgan fingerprint density at radius 1 is 1.00 bits per heavy atom. The molecule has 2 aromatic rings. The van der Waals surface area contributed by atoms with Crippen LogP contribution in [0.2, 0.25) is 0 Å². The van der Waals surface area contributed by atoms with Crippen molar-refractivity contribution in [3.8, 4) is 0 Å². The number of benzene rings is 2. The van der Waals surface area contributed by atoms with Crippen molar-refractivity contribution in [3.63, 3.8) is 0 Å². The molecule has 4 rings (SSSR count). The summed E-state index contributed by atoms with van der Waals surface area (Å²) in [5.41, 5.74) is 2.71. The van der Waals surface area contributed by atoms with E-state index >= 15 is 0 Å². The molecule has 2 saturated heterocycles. The third-order valence-corrected chi connectivity index (χ3v) is 6.62. The summed E-state index contributed by atoms with van der Waals surface area (Å²) >= 11 is 0. The van der Waals surface area contributed by atoms with Gasteiger partial charge in [-0.3, -0.25) is 4.79 Å². The van der Waals surface area contributed by atoms with Crippen LogP contribution in [0.25, 0.3) is 0 Å². The van der Waals surface area contributed by atoms with E-state index in [9.17, 15) is 9.59 Å². The second kappa shape index (κ2) is 7.64. The fourth-order valence-electron chi connectivity index (χ4n) is 4.49. The van der Waals surface area contributed by atoms with E-state index in [-0.39, 0.29) is 11.9 Å². The highest BCUT2D eigenvalue weighted by atomic mass is 16.2. The van der Waals surface area contributed by atoms with Gasteiger partial charge in [-0.05, 0) is 54.9 Å². The van der Waals surface area contributed by atoms with Crippen molar-refractivity contribution in [2.45, 2.75) is 39.2 Å². The zero-order valence-corrected chi connectivity index (χ0v) is 17.5. The maximum atomic E-state index is 13.8. The Kier molecular flexibility index (Phi) is 5.17. The van der Waals surface area contributed by atoms with Crippen LogP contribution in [-0.4, -0.2) is 36.6 Å². The predicted octanol–water partition coefficient (Wildman–Crippen LogP) is 2.37. The Morgan fingerprint density at radius 2 is 1.69 bits per heavy atom. The lowest BCUT2D eigenvalue weighted by Gasteiger charge is -2.31. The SMILES string of the molecule is Cc1ccc([C@]2(c3ccccc3)NC(=O)N(C[NH+]3CCC(C)CC3)C2=O)cc1C. The molecule has 152 valence electrons. The molecular formula is C24H30N3O2+. The minimum Gasteiger partial charge on any atom is -0.317 e. The molecule has 2 fully saturated rings. The molecule has 0 spiro atoms. The summed E-state index contributed by atoms with van der Waals surface area (Å²) in [6.45, 7) is 8.79. The number of piperidine rings is 1. The van der Waals surface area contributed by atoms with Crippen molar-refractivity contribution in [1.82, 2.24) is 10.2 Å². The smallest absolute Gasteiger partial charge is 0.317 e. The number of aryl methyl sites for hydroxylation is 2. The molecule has 5 heteroatoms. The number of amides is 3. The van der Waals surface area contributed by atoms with Crippen LogP contribution in [0.5, 0.6) is 0 Å². The van der Waals surface area contributed by atoms with Crippen molar-refractivity contribution >= 4 is 11.9 Å². The van der Waals surface area contributed by atoms with Crippen molar-refractivity contribution in [2.75, 3.05) is 19.8 Å². The van der Waals surface area contributed by atoms with Gasteiger partial charge in [0.2, 0.25) is 0 Å². The molecule has 0 unspecified atom stereocenters. The van der Waals surface area contributed by atoms with Gasteiger partial charge >= 0.3 is 6.03 Å². The van der Waals surface area contributed by atoms with Crippen LogP contribution in [0.4, 0.5) is 4.79 Å². The summed E-state index contributed by atoms with van der Waals surface area (Å²) in [6.07, 6.45) is 2.28. The van der Waals surface area contributed by atoms with Gasteiger partial charge in [-0.15, -0.1) is 0 Å². The molecular weight excluding hydrogens is 362 g/mol. The molecule has 2 aromatic carbocycles. The van der Waals surface area contributed by atoms with Gasteiger partial charge in [0.05, 0.1) is 13.1 Å². The lowest BCUT2D eigenvalue weighted by atomic mass is 9.81. The topological polar surface area (TPSA) is 53.9 Å². The number of nitrogens with zero attached hydrogens (tertiary/aromatic N) is 1. The van der Waals surface area contributed by atoms with Gasteiger partial charge in [0, 0.05) is 0 Å². The number of hydrogen-bond acceptors (Lipinski definition) is 2. The molecule has 3 amide bonds. The number of imide groups is 1. The van der Waals surface area contributed by atoms with Crippen LogP contribution in [0.15, 0.2) is 48.5 Å². The third-order valence-electron chi connectivity index (χ3n) is 6.62. The van der Waals surface area contributed by atoms with E-state index in [4.69, 9.17) is 0 Å². The summed E-state index contributed by atoms with van der Waals surface area (Å²) in [5, 5.41) is 3.07. The maximum Gasteiger partial charge on any atom is 0.330 e. The van der Waals surface area contributed by atoms with Crippen LogP contribution in [0.3, 0.4) is 0 Å². The van der Waals surface area contributed by atoms with Crippen LogP contribution >= 0.6 is 0 Å². The fourth-order valence-corrected chi connectivity index (χ4v) is 4.49. The van der Waals surface area contributed by atoms with E-state index in [1.807, 2.05) is 55.5 Å². The molecule has 1 atom stereocenters. The summed E-state index contributed by atoms with van der Waals surface area (Å²) < 4.78 is 0. The Labute approximate surface area is 172 Å². The zero-order valence-electron chi connectivity index (χ0n) is 17.5. The van der Waals surface area contributed by atoms with E-state index in [0.717, 1.165) is 54.1 Å². The van der Waals surface area contributed by atoms with Crippen LogP contribution in [0.1, 0.15) is 42.0 Å². The van der Waals surface area contributed by atoms with Gasteiger partial charge < -0.3 is 10.2 Å². The molecule has 2 aliphatic rings. The second-order valence-corrected chi connectivity index (χ2v) is 8.67. The molecule has 2 aliphatic heterocycles. The van der Waals surface area contributed by atoms with Crippen molar-refractivity contribution in [2.24, 2.45) is 5.92 Å². The Bertz CT molecular complexity index is 919. The van der Waals surface area contributed by atoms with E-state index in [1.54, 1.807) is 0 Å². The molecule has 0 aromatic heterocycles. The minimum atomic E-state index is -1.17. The standard InChI is InChI=1S/C24H29N3O2/c1-17-11-13-26(14-12-17)16-27-22(28)24(25-23(27)29,20-7-5-4-6-8-20)21-10-9-18(2)19(3)15-21/h4-10,15,17H,11-14,16H2,1-3H3,(H,25,29)/p+1/t24-/m0/s1. The Morgan fingerprint density at radius 3 is 2.34 bits per heavy atom. The average molecular weight is 393 g/mol. The quantitative estimate of drug-likeness (QED) is 0.785. The molecule has 2 N–H and O–H groups in total. The summed E-state index contributed by atoms with van der Waals surface area (Å²) in [5.74, 6) is 0.545. The van der Waals surface area contributed by atoms with E-state index < -0.39 is 5.54 Å². The Balaban J connectivity index is 1.73. The molecule has 5 nitrogen and oxygen atoms in total. The summed E-state index contributed by atoms with van der Waals surface area (Å²) in [7, 11) is 0. The number of urea groups is 1. The number of carbonyl (C=O) groups is 2. The monoisotopic (exact) mass is 392 g/mol. The highest BCUT2D eigenvalue weighted by Gasteiger charge is 2.54. The number of carbonyl (C=O) groups excluding carboxylic acids is 2. The fraction of sp³-hybridized carbons (Fsp3) is 0.417. The molecule has 0 radical (unpaired) electrons. The van der Waals surface area contributed by atoms with Gasteiger partial charge in [0.25, 0.3) is 5.91 Å². The normalized spacial score (nSPS) is 27.2. The van der Waals surface area contributed by atoms with Gasteiger partial charge in [-0.1, -0.05) is 55.5 Å². The summed E-state index contributed by atoms with van der Waals surface area (Å²) in [4.78, 5) is 29.5.